The highest BCUT2D eigenvalue weighted by atomic mass is 32.2. The van der Waals surface area contributed by atoms with Crippen LogP contribution in [0.2, 0.25) is 0 Å². The summed E-state index contributed by atoms with van der Waals surface area (Å²) in [6.07, 6.45) is 0. The molecule has 0 aromatic heterocycles. The standard InChI is InChI=1S/C15H23NS/c1-5-16-14-13-8-11(4)6-7-12(13)9-17-15(14)10(2)3/h6-8,10,14-16H,5,9H2,1-4H3. The number of thioether (sulfide) groups is 1. The number of benzene rings is 1. The van der Waals surface area contributed by atoms with Crippen molar-refractivity contribution in [1.29, 1.82) is 0 Å². The minimum Gasteiger partial charge on any atom is -0.309 e. The van der Waals surface area contributed by atoms with Gasteiger partial charge in [0.25, 0.3) is 0 Å². The summed E-state index contributed by atoms with van der Waals surface area (Å²) in [4.78, 5) is 0. The molecule has 1 aromatic carbocycles. The molecule has 0 aliphatic carbocycles. The molecule has 17 heavy (non-hydrogen) atoms. The van der Waals surface area contributed by atoms with Gasteiger partial charge in [-0.05, 0) is 30.5 Å². The van der Waals surface area contributed by atoms with E-state index in [0.29, 0.717) is 11.3 Å². The van der Waals surface area contributed by atoms with Crippen molar-refractivity contribution in [2.75, 3.05) is 6.54 Å². The van der Waals surface area contributed by atoms with Gasteiger partial charge in [-0.25, -0.2) is 0 Å². The second-order valence-corrected chi connectivity index (χ2v) is 6.42. The molecule has 1 aliphatic rings. The van der Waals surface area contributed by atoms with Gasteiger partial charge in [0.15, 0.2) is 0 Å². The van der Waals surface area contributed by atoms with Gasteiger partial charge >= 0.3 is 0 Å². The molecule has 0 radical (unpaired) electrons. The Hall–Kier alpha value is -0.470. The Morgan fingerprint density at radius 2 is 2.18 bits per heavy atom. The predicted molar refractivity (Wildman–Crippen MR) is 77.5 cm³/mol. The second-order valence-electron chi connectivity index (χ2n) is 5.26. The summed E-state index contributed by atoms with van der Waals surface area (Å²) in [6.45, 7) is 10.1. The lowest BCUT2D eigenvalue weighted by Crippen LogP contribution is -2.36. The number of aryl methyl sites for hydroxylation is 1. The van der Waals surface area contributed by atoms with Crippen molar-refractivity contribution in [2.45, 2.75) is 44.7 Å². The molecule has 0 amide bonds. The molecule has 1 heterocycles. The molecule has 1 aliphatic heterocycles. The van der Waals surface area contributed by atoms with Gasteiger partial charge in [-0.15, -0.1) is 0 Å². The van der Waals surface area contributed by atoms with Gasteiger partial charge in [-0.1, -0.05) is 44.5 Å². The maximum absolute atomic E-state index is 3.68. The Morgan fingerprint density at radius 1 is 1.41 bits per heavy atom. The van der Waals surface area contributed by atoms with E-state index < -0.39 is 0 Å². The number of nitrogens with one attached hydrogen (secondary N) is 1. The first-order valence-corrected chi connectivity index (χ1v) is 7.62. The second kappa shape index (κ2) is 5.45. The van der Waals surface area contributed by atoms with Crippen LogP contribution in [0.15, 0.2) is 18.2 Å². The van der Waals surface area contributed by atoms with Crippen LogP contribution in [-0.4, -0.2) is 11.8 Å². The van der Waals surface area contributed by atoms with Gasteiger partial charge in [0, 0.05) is 17.0 Å². The first kappa shape index (κ1) is 13.0. The maximum atomic E-state index is 3.68. The van der Waals surface area contributed by atoms with Crippen molar-refractivity contribution < 1.29 is 0 Å². The molecule has 2 rings (SSSR count). The molecule has 2 atom stereocenters. The van der Waals surface area contributed by atoms with Crippen LogP contribution in [0.25, 0.3) is 0 Å². The van der Waals surface area contributed by atoms with E-state index in [1.54, 1.807) is 0 Å². The largest absolute Gasteiger partial charge is 0.309 e. The van der Waals surface area contributed by atoms with Crippen LogP contribution in [0, 0.1) is 12.8 Å². The van der Waals surface area contributed by atoms with Crippen LogP contribution in [0.1, 0.15) is 43.5 Å². The van der Waals surface area contributed by atoms with Gasteiger partial charge in [0.05, 0.1) is 0 Å². The van der Waals surface area contributed by atoms with E-state index >= 15 is 0 Å². The van der Waals surface area contributed by atoms with Gasteiger partial charge in [-0.3, -0.25) is 0 Å². The maximum Gasteiger partial charge on any atom is 0.0446 e. The van der Waals surface area contributed by atoms with E-state index in [4.69, 9.17) is 0 Å². The first-order chi connectivity index (χ1) is 8.13. The smallest absolute Gasteiger partial charge is 0.0446 e. The van der Waals surface area contributed by atoms with Crippen molar-refractivity contribution >= 4 is 11.8 Å². The number of hydrogen-bond acceptors (Lipinski definition) is 2. The fraction of sp³-hybridized carbons (Fsp3) is 0.600. The lowest BCUT2D eigenvalue weighted by molar-refractivity contribution is 0.447. The Morgan fingerprint density at radius 3 is 2.82 bits per heavy atom. The summed E-state index contributed by atoms with van der Waals surface area (Å²) in [5, 5.41) is 4.38. The lowest BCUT2D eigenvalue weighted by atomic mass is 9.91. The molecule has 1 aromatic rings. The summed E-state index contributed by atoms with van der Waals surface area (Å²) in [7, 11) is 0. The highest BCUT2D eigenvalue weighted by Gasteiger charge is 2.31. The minimum atomic E-state index is 0.522. The third kappa shape index (κ3) is 2.69. The Kier molecular flexibility index (Phi) is 4.16. The van der Waals surface area contributed by atoms with E-state index in [0.717, 1.165) is 12.5 Å². The summed E-state index contributed by atoms with van der Waals surface area (Å²) in [6, 6.07) is 7.43. The van der Waals surface area contributed by atoms with E-state index in [2.05, 4.69) is 63.0 Å². The van der Waals surface area contributed by atoms with E-state index in [1.165, 1.54) is 22.4 Å². The Balaban J connectivity index is 2.37. The van der Waals surface area contributed by atoms with Crippen LogP contribution in [0.4, 0.5) is 0 Å². The fourth-order valence-corrected chi connectivity index (χ4v) is 4.07. The topological polar surface area (TPSA) is 12.0 Å². The van der Waals surface area contributed by atoms with Gasteiger partial charge in [0.2, 0.25) is 0 Å². The van der Waals surface area contributed by atoms with Crippen molar-refractivity contribution in [3.8, 4) is 0 Å². The van der Waals surface area contributed by atoms with Crippen LogP contribution in [-0.2, 0) is 5.75 Å². The molecule has 0 fully saturated rings. The average molecular weight is 249 g/mol. The Bertz CT molecular complexity index is 387. The van der Waals surface area contributed by atoms with E-state index in [9.17, 15) is 0 Å². The monoisotopic (exact) mass is 249 g/mol. The summed E-state index contributed by atoms with van der Waals surface area (Å²) in [5.74, 6) is 1.89. The van der Waals surface area contributed by atoms with Crippen molar-refractivity contribution in [3.05, 3.63) is 34.9 Å². The highest BCUT2D eigenvalue weighted by molar-refractivity contribution is 7.99. The molecule has 2 unspecified atom stereocenters. The lowest BCUT2D eigenvalue weighted by Gasteiger charge is -2.36. The predicted octanol–water partition coefficient (Wildman–Crippen LogP) is 3.92. The molecule has 1 N–H and O–H groups in total. The third-order valence-electron chi connectivity index (χ3n) is 3.48. The zero-order valence-corrected chi connectivity index (χ0v) is 12.1. The van der Waals surface area contributed by atoms with Crippen LogP contribution < -0.4 is 5.32 Å². The first-order valence-electron chi connectivity index (χ1n) is 6.58. The zero-order chi connectivity index (χ0) is 12.4. The molecular formula is C15H23NS. The van der Waals surface area contributed by atoms with Crippen LogP contribution >= 0.6 is 11.8 Å². The molecule has 0 saturated carbocycles. The average Bonchev–Trinajstić information content (AvgIpc) is 2.29. The molecule has 2 heteroatoms. The van der Waals surface area contributed by atoms with E-state index in [1.807, 2.05) is 0 Å². The number of fused-ring (bicyclic) bond motifs is 1. The van der Waals surface area contributed by atoms with Crippen molar-refractivity contribution in [2.24, 2.45) is 5.92 Å². The summed E-state index contributed by atoms with van der Waals surface area (Å²) < 4.78 is 0. The molecule has 0 bridgehead atoms. The zero-order valence-electron chi connectivity index (χ0n) is 11.3. The number of rotatable bonds is 3. The molecule has 0 saturated heterocycles. The summed E-state index contributed by atoms with van der Waals surface area (Å²) in [5.41, 5.74) is 4.42. The van der Waals surface area contributed by atoms with E-state index in [-0.39, 0.29) is 0 Å². The normalized spacial score (nSPS) is 23.8. The van der Waals surface area contributed by atoms with Gasteiger partial charge in [-0.2, -0.15) is 11.8 Å². The van der Waals surface area contributed by atoms with Crippen LogP contribution in [0.5, 0.6) is 0 Å². The van der Waals surface area contributed by atoms with Gasteiger partial charge < -0.3 is 5.32 Å². The van der Waals surface area contributed by atoms with Crippen molar-refractivity contribution in [1.82, 2.24) is 5.32 Å². The number of hydrogen-bond donors (Lipinski definition) is 1. The SMILES string of the molecule is CCNC1c2cc(C)ccc2CSC1C(C)C. The molecule has 94 valence electrons. The van der Waals surface area contributed by atoms with Crippen molar-refractivity contribution in [3.63, 3.8) is 0 Å². The molecular weight excluding hydrogens is 226 g/mol. The highest BCUT2D eigenvalue weighted by Crippen LogP contribution is 2.41. The fourth-order valence-electron chi connectivity index (χ4n) is 2.62. The molecule has 1 nitrogen and oxygen atoms in total. The van der Waals surface area contributed by atoms with Gasteiger partial charge in [0.1, 0.15) is 0 Å². The third-order valence-corrected chi connectivity index (χ3v) is 5.16. The summed E-state index contributed by atoms with van der Waals surface area (Å²) >= 11 is 2.11. The minimum absolute atomic E-state index is 0.522. The quantitative estimate of drug-likeness (QED) is 0.871. The van der Waals surface area contributed by atoms with Crippen LogP contribution in [0.3, 0.4) is 0 Å². The Labute approximate surface area is 109 Å². The molecule has 0 spiro atoms.